The molecule has 1 fully saturated rings. The quantitative estimate of drug-likeness (QED) is 0.439. The van der Waals surface area contributed by atoms with Crippen molar-refractivity contribution < 1.29 is 13.9 Å². The zero-order valence-electron chi connectivity index (χ0n) is 16.5. The maximum absolute atomic E-state index is 13.1. The average molecular weight is 399 g/mol. The maximum Gasteiger partial charge on any atom is 0.251 e. The number of hydrogen-bond donors (Lipinski definition) is 2. The molecule has 29 heavy (non-hydrogen) atoms. The number of benzene rings is 2. The minimum absolute atomic E-state index is 0.175. The summed E-state index contributed by atoms with van der Waals surface area (Å²) in [5.41, 5.74) is 7.64. The maximum atomic E-state index is 13.1. The van der Waals surface area contributed by atoms with E-state index in [-0.39, 0.29) is 11.7 Å². The Labute approximate surface area is 170 Å². The van der Waals surface area contributed by atoms with Crippen LogP contribution in [0.4, 0.5) is 10.1 Å². The molecule has 0 aliphatic carbocycles. The van der Waals surface area contributed by atoms with Gasteiger partial charge in [-0.15, -0.1) is 0 Å². The van der Waals surface area contributed by atoms with Crippen molar-refractivity contribution >= 4 is 17.6 Å². The average Bonchev–Trinajstić information content (AvgIpc) is 2.77. The number of carbonyl (C=O) groups is 1. The van der Waals surface area contributed by atoms with Crippen LogP contribution in [0.1, 0.15) is 10.4 Å². The number of rotatable bonds is 6. The van der Waals surface area contributed by atoms with Crippen molar-refractivity contribution in [2.75, 3.05) is 51.3 Å². The Bertz CT molecular complexity index is 848. The first kappa shape index (κ1) is 20.4. The second-order valence-corrected chi connectivity index (χ2v) is 6.68. The standard InChI is InChI=1S/C21H26FN5O2/c1-29-19-4-2-3-16(15-19)20(28)24-9-10-25-21(23)27-13-11-26(12-14-27)18-7-5-17(22)6-8-18/h2-8,15H,9-14H2,1H3,(H2,23,25)(H,24,28). The summed E-state index contributed by atoms with van der Waals surface area (Å²) < 4.78 is 18.2. The van der Waals surface area contributed by atoms with E-state index in [9.17, 15) is 9.18 Å². The van der Waals surface area contributed by atoms with E-state index < -0.39 is 0 Å². The Hall–Kier alpha value is -3.29. The van der Waals surface area contributed by atoms with E-state index in [1.54, 1.807) is 43.5 Å². The topological polar surface area (TPSA) is 83.2 Å². The van der Waals surface area contributed by atoms with Gasteiger partial charge >= 0.3 is 0 Å². The van der Waals surface area contributed by atoms with Crippen LogP contribution < -0.4 is 20.7 Å². The van der Waals surface area contributed by atoms with Crippen LogP contribution in [0.15, 0.2) is 53.5 Å². The third-order valence-electron chi connectivity index (χ3n) is 4.80. The lowest BCUT2D eigenvalue weighted by Gasteiger charge is -2.36. The smallest absolute Gasteiger partial charge is 0.251 e. The van der Waals surface area contributed by atoms with Gasteiger partial charge in [-0.05, 0) is 42.5 Å². The zero-order chi connectivity index (χ0) is 20.6. The largest absolute Gasteiger partial charge is 0.497 e. The molecule has 1 amide bonds. The van der Waals surface area contributed by atoms with E-state index in [1.165, 1.54) is 12.1 Å². The normalized spacial score (nSPS) is 14.6. The van der Waals surface area contributed by atoms with Crippen LogP contribution in [-0.4, -0.2) is 63.1 Å². The molecule has 154 valence electrons. The summed E-state index contributed by atoms with van der Waals surface area (Å²) in [4.78, 5) is 20.7. The summed E-state index contributed by atoms with van der Waals surface area (Å²) in [5.74, 6) is 0.701. The molecule has 1 saturated heterocycles. The van der Waals surface area contributed by atoms with Gasteiger partial charge in [-0.3, -0.25) is 9.79 Å². The minimum atomic E-state index is -0.234. The Morgan fingerprint density at radius 1 is 1.17 bits per heavy atom. The van der Waals surface area contributed by atoms with E-state index >= 15 is 0 Å². The highest BCUT2D eigenvalue weighted by Crippen LogP contribution is 2.16. The molecule has 3 rings (SSSR count). The highest BCUT2D eigenvalue weighted by Gasteiger charge is 2.18. The van der Waals surface area contributed by atoms with Crippen LogP contribution >= 0.6 is 0 Å². The van der Waals surface area contributed by atoms with Crippen molar-refractivity contribution in [2.24, 2.45) is 10.7 Å². The number of halogens is 1. The van der Waals surface area contributed by atoms with Crippen LogP contribution in [0.2, 0.25) is 0 Å². The molecular weight excluding hydrogens is 373 g/mol. The fourth-order valence-corrected chi connectivity index (χ4v) is 3.15. The van der Waals surface area contributed by atoms with Crippen LogP contribution in [0.5, 0.6) is 5.75 Å². The monoisotopic (exact) mass is 399 g/mol. The molecule has 0 bridgehead atoms. The molecule has 0 radical (unpaired) electrons. The van der Waals surface area contributed by atoms with Gasteiger partial charge in [0.25, 0.3) is 5.91 Å². The van der Waals surface area contributed by atoms with Crippen molar-refractivity contribution in [3.05, 3.63) is 59.9 Å². The molecule has 1 heterocycles. The van der Waals surface area contributed by atoms with Crippen molar-refractivity contribution in [1.29, 1.82) is 0 Å². The number of piperazine rings is 1. The summed E-state index contributed by atoms with van der Waals surface area (Å²) in [6.07, 6.45) is 0. The zero-order valence-corrected chi connectivity index (χ0v) is 16.5. The SMILES string of the molecule is COc1cccc(C(=O)NCCN=C(N)N2CCN(c3ccc(F)cc3)CC2)c1. The number of anilines is 1. The minimum Gasteiger partial charge on any atom is -0.497 e. The summed E-state index contributed by atoms with van der Waals surface area (Å²) in [7, 11) is 1.56. The number of aliphatic imine (C=N–C) groups is 1. The number of nitrogens with one attached hydrogen (secondary N) is 1. The Balaban J connectivity index is 1.42. The van der Waals surface area contributed by atoms with E-state index in [0.717, 1.165) is 31.9 Å². The number of nitrogens with two attached hydrogens (primary N) is 1. The van der Waals surface area contributed by atoms with Crippen molar-refractivity contribution in [3.8, 4) is 5.75 Å². The lowest BCUT2D eigenvalue weighted by atomic mass is 10.2. The van der Waals surface area contributed by atoms with Gasteiger partial charge in [-0.1, -0.05) is 6.07 Å². The summed E-state index contributed by atoms with van der Waals surface area (Å²) in [5, 5.41) is 2.83. The van der Waals surface area contributed by atoms with Gasteiger partial charge in [0.2, 0.25) is 0 Å². The highest BCUT2D eigenvalue weighted by atomic mass is 19.1. The van der Waals surface area contributed by atoms with Crippen molar-refractivity contribution in [1.82, 2.24) is 10.2 Å². The number of hydrogen-bond acceptors (Lipinski definition) is 4. The number of amides is 1. The number of carbonyl (C=O) groups excluding carboxylic acids is 1. The molecule has 7 nitrogen and oxygen atoms in total. The molecule has 1 aliphatic heterocycles. The molecule has 0 saturated carbocycles. The van der Waals surface area contributed by atoms with Crippen LogP contribution in [0, 0.1) is 5.82 Å². The van der Waals surface area contributed by atoms with E-state index in [2.05, 4.69) is 15.2 Å². The van der Waals surface area contributed by atoms with Crippen molar-refractivity contribution in [2.45, 2.75) is 0 Å². The van der Waals surface area contributed by atoms with Gasteiger partial charge in [0, 0.05) is 44.0 Å². The lowest BCUT2D eigenvalue weighted by Crippen LogP contribution is -2.51. The third kappa shape index (κ3) is 5.60. The summed E-state index contributed by atoms with van der Waals surface area (Å²) in [6, 6.07) is 13.5. The second-order valence-electron chi connectivity index (χ2n) is 6.68. The molecule has 0 unspecified atom stereocenters. The molecule has 0 atom stereocenters. The number of methoxy groups -OCH3 is 1. The Morgan fingerprint density at radius 3 is 2.59 bits per heavy atom. The van der Waals surface area contributed by atoms with E-state index in [0.29, 0.717) is 30.4 Å². The first-order chi connectivity index (χ1) is 14.1. The Kier molecular flexibility index (Phi) is 6.89. The molecule has 2 aromatic carbocycles. The van der Waals surface area contributed by atoms with Crippen LogP contribution in [-0.2, 0) is 0 Å². The molecule has 2 aromatic rings. The van der Waals surface area contributed by atoms with Gasteiger partial charge in [0.1, 0.15) is 11.6 Å². The molecule has 8 heteroatoms. The molecule has 0 spiro atoms. The van der Waals surface area contributed by atoms with Gasteiger partial charge < -0.3 is 25.6 Å². The molecular formula is C21H26FN5O2. The van der Waals surface area contributed by atoms with E-state index in [4.69, 9.17) is 10.5 Å². The van der Waals surface area contributed by atoms with Gasteiger partial charge in [-0.2, -0.15) is 0 Å². The predicted molar refractivity (Wildman–Crippen MR) is 112 cm³/mol. The number of nitrogens with zero attached hydrogens (tertiary/aromatic N) is 3. The third-order valence-corrected chi connectivity index (χ3v) is 4.80. The fourth-order valence-electron chi connectivity index (χ4n) is 3.15. The second kappa shape index (κ2) is 9.77. The van der Waals surface area contributed by atoms with Gasteiger partial charge in [-0.25, -0.2) is 4.39 Å². The van der Waals surface area contributed by atoms with Gasteiger partial charge in [0.15, 0.2) is 5.96 Å². The van der Waals surface area contributed by atoms with Crippen molar-refractivity contribution in [3.63, 3.8) is 0 Å². The predicted octanol–water partition coefficient (Wildman–Crippen LogP) is 1.70. The Morgan fingerprint density at radius 2 is 1.90 bits per heavy atom. The molecule has 3 N–H and O–H groups in total. The lowest BCUT2D eigenvalue weighted by molar-refractivity contribution is 0.0954. The fraction of sp³-hybridized carbons (Fsp3) is 0.333. The number of guanidine groups is 1. The molecule has 1 aliphatic rings. The first-order valence-electron chi connectivity index (χ1n) is 9.54. The van der Waals surface area contributed by atoms with E-state index in [1.807, 2.05) is 4.90 Å². The summed E-state index contributed by atoms with van der Waals surface area (Å²) >= 11 is 0. The van der Waals surface area contributed by atoms with Gasteiger partial charge in [0.05, 0.1) is 13.7 Å². The number of ether oxygens (including phenoxy) is 1. The van der Waals surface area contributed by atoms with Crippen LogP contribution in [0.3, 0.4) is 0 Å². The first-order valence-corrected chi connectivity index (χ1v) is 9.54. The molecule has 0 aromatic heterocycles. The van der Waals surface area contributed by atoms with Crippen LogP contribution in [0.25, 0.3) is 0 Å². The highest BCUT2D eigenvalue weighted by molar-refractivity contribution is 5.94. The summed E-state index contributed by atoms with van der Waals surface area (Å²) in [6.45, 7) is 3.85.